The van der Waals surface area contributed by atoms with E-state index in [1.165, 1.54) is 6.08 Å². The molecular weight excluding hydrogens is 152 g/mol. The highest BCUT2D eigenvalue weighted by molar-refractivity contribution is 5.86. The van der Waals surface area contributed by atoms with E-state index in [4.69, 9.17) is 5.73 Å². The Labute approximate surface area is 74.0 Å². The summed E-state index contributed by atoms with van der Waals surface area (Å²) in [5, 5.41) is 2.72. The van der Waals surface area contributed by atoms with Crippen molar-refractivity contribution in [2.45, 2.75) is 25.7 Å². The zero-order valence-corrected chi connectivity index (χ0v) is 7.51. The van der Waals surface area contributed by atoms with E-state index in [0.717, 1.165) is 38.8 Å². The molecule has 0 spiro atoms. The molecule has 0 rings (SSSR count). The van der Waals surface area contributed by atoms with E-state index in [9.17, 15) is 4.79 Å². The third-order valence-electron chi connectivity index (χ3n) is 1.62. The Balaban J connectivity index is 3.00. The summed E-state index contributed by atoms with van der Waals surface area (Å²) in [6.07, 6.45) is 5.68. The molecule has 0 aliphatic rings. The number of nitrogens with two attached hydrogens (primary N) is 1. The molecular formula is C9H18N2O. The molecule has 0 atom stereocenters. The molecule has 0 saturated heterocycles. The number of amides is 1. The van der Waals surface area contributed by atoms with Gasteiger partial charge in [-0.25, -0.2) is 0 Å². The van der Waals surface area contributed by atoms with Crippen LogP contribution >= 0.6 is 0 Å². The molecule has 0 bridgehead atoms. The van der Waals surface area contributed by atoms with Gasteiger partial charge in [-0.1, -0.05) is 19.4 Å². The highest BCUT2D eigenvalue weighted by Gasteiger charge is 1.92. The van der Waals surface area contributed by atoms with Crippen molar-refractivity contribution in [2.75, 3.05) is 13.1 Å². The molecule has 3 N–H and O–H groups in total. The predicted octanol–water partition coefficient (Wildman–Crippen LogP) is 0.808. The maximum atomic E-state index is 10.7. The van der Waals surface area contributed by atoms with Gasteiger partial charge in [0.25, 0.3) is 0 Å². The molecule has 0 aromatic carbocycles. The van der Waals surface area contributed by atoms with Gasteiger partial charge in [0.1, 0.15) is 0 Å². The largest absolute Gasteiger partial charge is 0.353 e. The third kappa shape index (κ3) is 7.28. The van der Waals surface area contributed by atoms with Gasteiger partial charge in [-0.15, -0.1) is 0 Å². The Kier molecular flexibility index (Phi) is 7.70. The normalized spacial score (nSPS) is 9.42. The number of unbranched alkanes of at least 4 members (excludes halogenated alkanes) is 3. The van der Waals surface area contributed by atoms with Crippen LogP contribution in [0.4, 0.5) is 0 Å². The molecule has 0 heterocycles. The standard InChI is InChI=1S/C9H18N2O/c1-2-9(12)11-8-6-4-3-5-7-10/h2H,1,3-8,10H2,(H,11,12). The zero-order chi connectivity index (χ0) is 9.23. The van der Waals surface area contributed by atoms with Crippen LogP contribution in [-0.2, 0) is 4.79 Å². The molecule has 0 aromatic rings. The SMILES string of the molecule is C=CC(=O)NCCCCCCN. The van der Waals surface area contributed by atoms with Gasteiger partial charge in [-0.3, -0.25) is 4.79 Å². The molecule has 0 aliphatic heterocycles. The van der Waals surface area contributed by atoms with Gasteiger partial charge in [0.2, 0.25) is 5.91 Å². The average molecular weight is 170 g/mol. The number of nitrogens with one attached hydrogen (secondary N) is 1. The second-order valence-electron chi connectivity index (χ2n) is 2.70. The number of hydrogen-bond acceptors (Lipinski definition) is 2. The van der Waals surface area contributed by atoms with Gasteiger partial charge in [-0.2, -0.15) is 0 Å². The summed E-state index contributed by atoms with van der Waals surface area (Å²) in [5.41, 5.74) is 5.33. The van der Waals surface area contributed by atoms with Gasteiger partial charge in [0.15, 0.2) is 0 Å². The number of carbonyl (C=O) groups is 1. The minimum Gasteiger partial charge on any atom is -0.353 e. The lowest BCUT2D eigenvalue weighted by atomic mass is 10.2. The van der Waals surface area contributed by atoms with Crippen LogP contribution in [0.25, 0.3) is 0 Å². The molecule has 1 amide bonds. The monoisotopic (exact) mass is 170 g/mol. The lowest BCUT2D eigenvalue weighted by Crippen LogP contribution is -2.21. The summed E-state index contributed by atoms with van der Waals surface area (Å²) in [6, 6.07) is 0. The Morgan fingerprint density at radius 1 is 1.33 bits per heavy atom. The quantitative estimate of drug-likeness (QED) is 0.439. The zero-order valence-electron chi connectivity index (χ0n) is 7.51. The third-order valence-corrected chi connectivity index (χ3v) is 1.62. The van der Waals surface area contributed by atoms with Crippen LogP contribution in [0.1, 0.15) is 25.7 Å². The van der Waals surface area contributed by atoms with Crippen LogP contribution < -0.4 is 11.1 Å². The molecule has 3 nitrogen and oxygen atoms in total. The Hall–Kier alpha value is -0.830. The van der Waals surface area contributed by atoms with Crippen molar-refractivity contribution in [1.82, 2.24) is 5.32 Å². The van der Waals surface area contributed by atoms with Crippen LogP contribution in [0.15, 0.2) is 12.7 Å². The van der Waals surface area contributed by atoms with Crippen molar-refractivity contribution in [3.63, 3.8) is 0 Å². The Bertz CT molecular complexity index is 134. The summed E-state index contributed by atoms with van der Waals surface area (Å²) < 4.78 is 0. The Morgan fingerprint density at radius 3 is 2.58 bits per heavy atom. The first-order chi connectivity index (χ1) is 5.81. The molecule has 0 aliphatic carbocycles. The summed E-state index contributed by atoms with van der Waals surface area (Å²) >= 11 is 0. The Morgan fingerprint density at radius 2 is 2.00 bits per heavy atom. The van der Waals surface area contributed by atoms with Gasteiger partial charge in [0.05, 0.1) is 0 Å². The first-order valence-corrected chi connectivity index (χ1v) is 4.41. The summed E-state index contributed by atoms with van der Waals surface area (Å²) in [7, 11) is 0. The summed E-state index contributed by atoms with van der Waals surface area (Å²) in [5.74, 6) is -0.0891. The number of hydrogen-bond donors (Lipinski definition) is 2. The first-order valence-electron chi connectivity index (χ1n) is 4.41. The highest BCUT2D eigenvalue weighted by Crippen LogP contribution is 1.96. The minimum atomic E-state index is -0.0891. The van der Waals surface area contributed by atoms with Crippen LogP contribution in [0, 0.1) is 0 Å². The summed E-state index contributed by atoms with van der Waals surface area (Å²) in [4.78, 5) is 10.7. The van der Waals surface area contributed by atoms with Gasteiger partial charge < -0.3 is 11.1 Å². The van der Waals surface area contributed by atoms with Gasteiger partial charge >= 0.3 is 0 Å². The topological polar surface area (TPSA) is 55.1 Å². The van der Waals surface area contributed by atoms with Crippen molar-refractivity contribution in [2.24, 2.45) is 5.73 Å². The lowest BCUT2D eigenvalue weighted by molar-refractivity contribution is -0.116. The van der Waals surface area contributed by atoms with Crippen molar-refractivity contribution in [3.8, 4) is 0 Å². The minimum absolute atomic E-state index is 0.0891. The first kappa shape index (κ1) is 11.2. The van der Waals surface area contributed by atoms with Crippen LogP contribution in [0.3, 0.4) is 0 Å². The molecule has 0 radical (unpaired) electrons. The van der Waals surface area contributed by atoms with Crippen LogP contribution in [-0.4, -0.2) is 19.0 Å². The van der Waals surface area contributed by atoms with E-state index < -0.39 is 0 Å². The van der Waals surface area contributed by atoms with E-state index in [1.807, 2.05) is 0 Å². The van der Waals surface area contributed by atoms with E-state index >= 15 is 0 Å². The van der Waals surface area contributed by atoms with Crippen molar-refractivity contribution in [1.29, 1.82) is 0 Å². The average Bonchev–Trinajstić information content (AvgIpc) is 2.10. The molecule has 12 heavy (non-hydrogen) atoms. The summed E-state index contributed by atoms with van der Waals surface area (Å²) in [6.45, 7) is 4.87. The van der Waals surface area contributed by atoms with Crippen LogP contribution in [0.5, 0.6) is 0 Å². The second kappa shape index (κ2) is 8.27. The maximum Gasteiger partial charge on any atom is 0.243 e. The van der Waals surface area contributed by atoms with Crippen LogP contribution in [0.2, 0.25) is 0 Å². The van der Waals surface area contributed by atoms with E-state index in [0.29, 0.717) is 0 Å². The van der Waals surface area contributed by atoms with Crippen molar-refractivity contribution < 1.29 is 4.79 Å². The van der Waals surface area contributed by atoms with Crippen molar-refractivity contribution in [3.05, 3.63) is 12.7 Å². The number of rotatable bonds is 7. The molecule has 0 saturated carbocycles. The predicted molar refractivity (Wildman–Crippen MR) is 50.7 cm³/mol. The molecule has 70 valence electrons. The van der Waals surface area contributed by atoms with Gasteiger partial charge in [0, 0.05) is 6.54 Å². The lowest BCUT2D eigenvalue weighted by Gasteiger charge is -2.01. The smallest absolute Gasteiger partial charge is 0.243 e. The second-order valence-corrected chi connectivity index (χ2v) is 2.70. The molecule has 3 heteroatoms. The maximum absolute atomic E-state index is 10.7. The fourth-order valence-corrected chi connectivity index (χ4v) is 0.907. The molecule has 0 aromatic heterocycles. The fraction of sp³-hybridized carbons (Fsp3) is 0.667. The fourth-order valence-electron chi connectivity index (χ4n) is 0.907. The molecule has 0 fully saturated rings. The van der Waals surface area contributed by atoms with E-state index in [1.54, 1.807) is 0 Å². The van der Waals surface area contributed by atoms with Gasteiger partial charge in [-0.05, 0) is 25.5 Å². The van der Waals surface area contributed by atoms with E-state index in [-0.39, 0.29) is 5.91 Å². The number of carbonyl (C=O) groups excluding carboxylic acids is 1. The highest BCUT2D eigenvalue weighted by atomic mass is 16.1. The van der Waals surface area contributed by atoms with Crippen molar-refractivity contribution >= 4 is 5.91 Å². The van der Waals surface area contributed by atoms with E-state index in [2.05, 4.69) is 11.9 Å². The molecule has 0 unspecified atom stereocenters.